The molecule has 1 aliphatic heterocycles. The van der Waals surface area contributed by atoms with Gasteiger partial charge in [-0.2, -0.15) is 5.10 Å². The van der Waals surface area contributed by atoms with Crippen molar-refractivity contribution in [2.75, 3.05) is 27.2 Å². The van der Waals surface area contributed by atoms with E-state index in [0.29, 0.717) is 43.0 Å². The number of halogens is 2. The highest BCUT2D eigenvalue weighted by atomic mass is 19.3. The largest absolute Gasteiger partial charge is 0.496 e. The van der Waals surface area contributed by atoms with E-state index in [0.717, 1.165) is 24.0 Å². The molecule has 1 fully saturated rings. The number of allylic oxidation sites excluding steroid dienone is 2. The number of nitrogens with one attached hydrogen (secondary N) is 1. The van der Waals surface area contributed by atoms with E-state index in [-0.39, 0.29) is 17.5 Å². The number of aliphatic imine (C=N–C) groups is 1. The molecule has 0 saturated carbocycles. The zero-order valence-electron chi connectivity index (χ0n) is 23.9. The van der Waals surface area contributed by atoms with Gasteiger partial charge in [0.05, 0.1) is 7.11 Å². The standard InChI is InChI=1S/C26H32F2N4O2.2C2H6/c1-4-13-30-31-22(16-23(29-2)25(27)28)20-9-7-14-32(17-20)26(33)19-12-11-18-8-5-6-10-21(18)24(15-19)34-3;2*1-2/h5-6,8,10,12-13,15-16,20,25,31H,4,7,9,11,14,17H2,1-3H3;2*1-2H3/b22-16-,29-23?,30-13-;;/t20-;;/m0../s1. The minimum Gasteiger partial charge on any atom is -0.496 e. The summed E-state index contributed by atoms with van der Waals surface area (Å²) in [6, 6.07) is 7.93. The van der Waals surface area contributed by atoms with Crippen LogP contribution in [-0.2, 0) is 16.0 Å². The molecule has 1 aromatic carbocycles. The van der Waals surface area contributed by atoms with Crippen LogP contribution in [0.1, 0.15) is 65.0 Å². The summed E-state index contributed by atoms with van der Waals surface area (Å²) < 4.78 is 32.3. The number of hydrogen-bond acceptors (Lipinski definition) is 5. The van der Waals surface area contributed by atoms with Crippen LogP contribution in [0.2, 0.25) is 0 Å². The summed E-state index contributed by atoms with van der Waals surface area (Å²) in [6.45, 7) is 10.9. The molecule has 6 nitrogen and oxygen atoms in total. The van der Waals surface area contributed by atoms with Crippen LogP contribution < -0.4 is 5.43 Å². The summed E-state index contributed by atoms with van der Waals surface area (Å²) in [4.78, 5) is 19.0. The lowest BCUT2D eigenvalue weighted by molar-refractivity contribution is -0.128. The number of amides is 1. The molecule has 1 atom stereocenters. The van der Waals surface area contributed by atoms with Crippen molar-refractivity contribution in [1.29, 1.82) is 0 Å². The van der Waals surface area contributed by atoms with E-state index in [1.54, 1.807) is 24.3 Å². The fraction of sp³-hybridized carbons (Fsp3) is 0.500. The van der Waals surface area contributed by atoms with Gasteiger partial charge in [0.1, 0.15) is 11.5 Å². The predicted octanol–water partition coefficient (Wildman–Crippen LogP) is 6.65. The number of nitrogens with zero attached hydrogens (tertiary/aromatic N) is 3. The summed E-state index contributed by atoms with van der Waals surface area (Å²) in [5.41, 5.74) is 5.79. The van der Waals surface area contributed by atoms with Crippen LogP contribution in [0.15, 0.2) is 63.9 Å². The van der Waals surface area contributed by atoms with E-state index in [4.69, 9.17) is 4.74 Å². The molecule has 2 aliphatic rings. The van der Waals surface area contributed by atoms with Crippen molar-refractivity contribution in [3.8, 4) is 0 Å². The van der Waals surface area contributed by atoms with Crippen LogP contribution in [0.25, 0.3) is 5.76 Å². The second-order valence-corrected chi connectivity index (χ2v) is 8.20. The van der Waals surface area contributed by atoms with Crippen molar-refractivity contribution in [1.82, 2.24) is 10.3 Å². The molecule has 210 valence electrons. The van der Waals surface area contributed by atoms with Gasteiger partial charge in [-0.05, 0) is 43.4 Å². The van der Waals surface area contributed by atoms with Gasteiger partial charge in [-0.15, -0.1) is 0 Å². The first-order valence-electron chi connectivity index (χ1n) is 13.6. The lowest BCUT2D eigenvalue weighted by Crippen LogP contribution is -2.42. The number of likely N-dealkylation sites (tertiary alicyclic amines) is 1. The molecule has 1 aliphatic carbocycles. The Labute approximate surface area is 227 Å². The number of benzene rings is 1. The van der Waals surface area contributed by atoms with Crippen molar-refractivity contribution in [2.45, 2.75) is 66.7 Å². The minimum atomic E-state index is -2.69. The summed E-state index contributed by atoms with van der Waals surface area (Å²) >= 11 is 0. The number of methoxy groups -OCH3 is 1. The smallest absolute Gasteiger partial charge is 0.279 e. The number of hydrazone groups is 1. The van der Waals surface area contributed by atoms with Crippen molar-refractivity contribution in [3.63, 3.8) is 0 Å². The Morgan fingerprint density at radius 1 is 1.24 bits per heavy atom. The zero-order valence-corrected chi connectivity index (χ0v) is 23.9. The van der Waals surface area contributed by atoms with Crippen LogP contribution in [0.5, 0.6) is 0 Å². The first-order chi connectivity index (χ1) is 18.5. The van der Waals surface area contributed by atoms with Crippen LogP contribution in [0, 0.1) is 5.92 Å². The third-order valence-corrected chi connectivity index (χ3v) is 5.98. The van der Waals surface area contributed by atoms with Gasteiger partial charge in [-0.1, -0.05) is 65.0 Å². The monoisotopic (exact) mass is 530 g/mol. The average molecular weight is 531 g/mol. The number of carbonyl (C=O) groups excluding carboxylic acids is 1. The summed E-state index contributed by atoms with van der Waals surface area (Å²) in [7, 11) is 2.94. The third kappa shape index (κ3) is 9.23. The Morgan fingerprint density at radius 3 is 2.58 bits per heavy atom. The van der Waals surface area contributed by atoms with Gasteiger partial charge in [0.2, 0.25) is 0 Å². The SMILES string of the molecule is CC.CC.CC/C=N\N/C(=C\C(=NC)C(F)F)[C@H]1CCCN(C(=O)C2=CCc3ccccc3C(OC)=C2)C1. The van der Waals surface area contributed by atoms with Gasteiger partial charge in [0.15, 0.2) is 0 Å². The fourth-order valence-electron chi connectivity index (χ4n) is 4.19. The highest BCUT2D eigenvalue weighted by Crippen LogP contribution is 2.29. The minimum absolute atomic E-state index is 0.0956. The number of alkyl halides is 2. The molecule has 0 bridgehead atoms. The highest BCUT2D eigenvalue weighted by molar-refractivity contribution is 5.99. The lowest BCUT2D eigenvalue weighted by atomic mass is 9.93. The average Bonchev–Trinajstić information content (AvgIpc) is 3.16. The van der Waals surface area contributed by atoms with Gasteiger partial charge in [-0.3, -0.25) is 15.2 Å². The molecular formula is C30H44F2N4O2. The maximum absolute atomic E-state index is 13.5. The van der Waals surface area contributed by atoms with Crippen LogP contribution >= 0.6 is 0 Å². The van der Waals surface area contributed by atoms with Crippen LogP contribution in [0.3, 0.4) is 0 Å². The molecule has 0 unspecified atom stereocenters. The molecule has 0 radical (unpaired) electrons. The topological polar surface area (TPSA) is 66.3 Å². The van der Waals surface area contributed by atoms with E-state index >= 15 is 0 Å². The number of hydrogen-bond donors (Lipinski definition) is 1. The van der Waals surface area contributed by atoms with Gasteiger partial charge in [0, 0.05) is 49.1 Å². The van der Waals surface area contributed by atoms with Gasteiger partial charge in [0.25, 0.3) is 12.3 Å². The van der Waals surface area contributed by atoms with E-state index in [2.05, 4.69) is 15.5 Å². The molecular weight excluding hydrogens is 486 g/mol. The highest BCUT2D eigenvalue weighted by Gasteiger charge is 2.29. The quantitative estimate of drug-likeness (QED) is 0.302. The maximum atomic E-state index is 13.5. The predicted molar refractivity (Wildman–Crippen MR) is 155 cm³/mol. The van der Waals surface area contributed by atoms with Crippen LogP contribution in [-0.4, -0.2) is 56.4 Å². The number of carbonyl (C=O) groups is 1. The van der Waals surface area contributed by atoms with Crippen molar-refractivity contribution < 1.29 is 18.3 Å². The first kappa shape index (κ1) is 32.7. The number of ether oxygens (including phenoxy) is 1. The molecule has 38 heavy (non-hydrogen) atoms. The van der Waals surface area contributed by atoms with Gasteiger partial charge < -0.3 is 9.64 Å². The number of rotatable bonds is 8. The van der Waals surface area contributed by atoms with Gasteiger partial charge >= 0.3 is 0 Å². The molecule has 1 heterocycles. The molecule has 1 N–H and O–H groups in total. The van der Waals surface area contributed by atoms with Crippen LogP contribution in [0.4, 0.5) is 8.78 Å². The van der Waals surface area contributed by atoms with Gasteiger partial charge in [-0.25, -0.2) is 8.78 Å². The number of piperidine rings is 1. The van der Waals surface area contributed by atoms with E-state index < -0.39 is 6.43 Å². The van der Waals surface area contributed by atoms with E-state index in [1.807, 2.05) is 65.0 Å². The maximum Gasteiger partial charge on any atom is 0.279 e. The Hall–Kier alpha value is -3.29. The second kappa shape index (κ2) is 18.0. The Morgan fingerprint density at radius 2 is 1.95 bits per heavy atom. The first-order valence-corrected chi connectivity index (χ1v) is 13.6. The van der Waals surface area contributed by atoms with E-state index in [1.165, 1.54) is 13.1 Å². The summed E-state index contributed by atoms with van der Waals surface area (Å²) in [6.07, 6.45) is 6.92. The summed E-state index contributed by atoms with van der Waals surface area (Å²) in [5.74, 6) is 0.400. The molecule has 1 amide bonds. The number of fused-ring (bicyclic) bond motifs is 1. The lowest BCUT2D eigenvalue weighted by Gasteiger charge is -2.34. The zero-order chi connectivity index (χ0) is 28.5. The Bertz CT molecular complexity index is 1030. The van der Waals surface area contributed by atoms with E-state index in [9.17, 15) is 13.6 Å². The molecule has 8 heteroatoms. The molecule has 0 spiro atoms. The second-order valence-electron chi connectivity index (χ2n) is 8.20. The molecule has 0 aromatic heterocycles. The molecule has 3 rings (SSSR count). The summed E-state index contributed by atoms with van der Waals surface area (Å²) in [5, 5.41) is 4.14. The van der Waals surface area contributed by atoms with Crippen molar-refractivity contribution in [2.24, 2.45) is 16.0 Å². The third-order valence-electron chi connectivity index (χ3n) is 5.98. The Balaban J connectivity index is 0.00000172. The fourth-order valence-corrected chi connectivity index (χ4v) is 4.19. The normalized spacial score (nSPS) is 17.7. The van der Waals surface area contributed by atoms with Crippen molar-refractivity contribution >= 4 is 23.6 Å². The molecule has 1 saturated heterocycles. The van der Waals surface area contributed by atoms with Crippen molar-refractivity contribution in [3.05, 3.63) is 64.9 Å². The molecule has 1 aromatic rings. The Kier molecular flexibility index (Phi) is 15.5.